The molecule has 0 bridgehead atoms. The van der Waals surface area contributed by atoms with Crippen molar-refractivity contribution in [1.29, 1.82) is 5.26 Å². The first-order valence-corrected chi connectivity index (χ1v) is 7.49. The molecular formula is C16H17N5O2. The van der Waals surface area contributed by atoms with E-state index < -0.39 is 0 Å². The monoisotopic (exact) mass is 311 g/mol. The molecule has 1 saturated carbocycles. The highest BCUT2D eigenvalue weighted by Gasteiger charge is 2.46. The standard InChI is InChI=1S/C16H17N5O2/c1-20-11-18-19-15(20)10-16(8-12(9-16)5-6-17)13-3-2-4-14(7-13)21(22)23/h2-4,7,11-12H,5,8-10H2,1H3. The van der Waals surface area contributed by atoms with Crippen LogP contribution in [-0.2, 0) is 18.9 Å². The van der Waals surface area contributed by atoms with Gasteiger partial charge in [0.15, 0.2) is 0 Å². The Morgan fingerprint density at radius 3 is 2.91 bits per heavy atom. The predicted octanol–water partition coefficient (Wildman–Crippen LogP) is 2.53. The fraction of sp³-hybridized carbons (Fsp3) is 0.438. The van der Waals surface area contributed by atoms with Crippen LogP contribution in [0, 0.1) is 27.4 Å². The van der Waals surface area contributed by atoms with Gasteiger partial charge in [0, 0.05) is 37.4 Å². The van der Waals surface area contributed by atoms with Crippen molar-refractivity contribution >= 4 is 5.69 Å². The molecule has 0 radical (unpaired) electrons. The molecule has 1 aromatic carbocycles. The quantitative estimate of drug-likeness (QED) is 0.624. The summed E-state index contributed by atoms with van der Waals surface area (Å²) in [4.78, 5) is 10.7. The van der Waals surface area contributed by atoms with Crippen LogP contribution in [0.25, 0.3) is 0 Å². The maximum atomic E-state index is 11.1. The number of nitro benzene ring substituents is 1. The molecular weight excluding hydrogens is 294 g/mol. The van der Waals surface area contributed by atoms with Gasteiger partial charge in [0.2, 0.25) is 0 Å². The number of nitrogens with zero attached hydrogens (tertiary/aromatic N) is 5. The summed E-state index contributed by atoms with van der Waals surface area (Å²) in [5, 5.41) is 28.0. The Kier molecular flexibility index (Phi) is 3.82. The Hall–Kier alpha value is -2.75. The van der Waals surface area contributed by atoms with Crippen LogP contribution < -0.4 is 0 Å². The van der Waals surface area contributed by atoms with E-state index in [0.29, 0.717) is 18.8 Å². The minimum absolute atomic E-state index is 0.101. The Bertz CT molecular complexity index is 771. The third kappa shape index (κ3) is 2.80. The molecule has 118 valence electrons. The van der Waals surface area contributed by atoms with Gasteiger partial charge in [0.25, 0.3) is 5.69 Å². The van der Waals surface area contributed by atoms with Crippen molar-refractivity contribution in [2.45, 2.75) is 31.1 Å². The van der Waals surface area contributed by atoms with Gasteiger partial charge in [-0.25, -0.2) is 0 Å². The van der Waals surface area contributed by atoms with Crippen LogP contribution in [0.2, 0.25) is 0 Å². The topological polar surface area (TPSA) is 97.6 Å². The van der Waals surface area contributed by atoms with Gasteiger partial charge in [0.1, 0.15) is 12.2 Å². The lowest BCUT2D eigenvalue weighted by atomic mass is 9.56. The van der Waals surface area contributed by atoms with Gasteiger partial charge < -0.3 is 4.57 Å². The number of nitriles is 1. The molecule has 7 nitrogen and oxygen atoms in total. The highest BCUT2D eigenvalue weighted by atomic mass is 16.6. The molecule has 1 aliphatic rings. The molecule has 7 heteroatoms. The second-order valence-electron chi connectivity index (χ2n) is 6.26. The molecule has 23 heavy (non-hydrogen) atoms. The molecule has 0 unspecified atom stereocenters. The van der Waals surface area contributed by atoms with E-state index in [9.17, 15) is 10.1 Å². The third-order valence-corrected chi connectivity index (χ3v) is 4.71. The van der Waals surface area contributed by atoms with E-state index in [2.05, 4.69) is 16.3 Å². The Labute approximate surface area is 133 Å². The molecule has 0 atom stereocenters. The smallest absolute Gasteiger partial charge is 0.269 e. The number of aromatic nitrogens is 3. The Balaban J connectivity index is 1.93. The second-order valence-corrected chi connectivity index (χ2v) is 6.26. The fourth-order valence-electron chi connectivity index (χ4n) is 3.52. The van der Waals surface area contributed by atoms with Crippen LogP contribution in [0.5, 0.6) is 0 Å². The maximum absolute atomic E-state index is 11.1. The van der Waals surface area contributed by atoms with Crippen LogP contribution in [0.15, 0.2) is 30.6 Å². The van der Waals surface area contributed by atoms with Crippen molar-refractivity contribution in [3.8, 4) is 6.07 Å². The number of hydrogen-bond acceptors (Lipinski definition) is 5. The van der Waals surface area contributed by atoms with Crippen LogP contribution in [-0.4, -0.2) is 19.7 Å². The van der Waals surface area contributed by atoms with E-state index in [1.54, 1.807) is 18.5 Å². The summed E-state index contributed by atoms with van der Waals surface area (Å²) in [6.07, 6.45) is 4.53. The molecule has 0 N–H and O–H groups in total. The number of rotatable bonds is 5. The average Bonchev–Trinajstić information content (AvgIpc) is 2.90. The summed E-state index contributed by atoms with van der Waals surface area (Å²) in [5.41, 5.74) is 0.849. The van der Waals surface area contributed by atoms with Crippen molar-refractivity contribution < 1.29 is 4.92 Å². The summed E-state index contributed by atoms with van der Waals surface area (Å²) >= 11 is 0. The molecule has 2 aromatic rings. The summed E-state index contributed by atoms with van der Waals surface area (Å²) in [5.74, 6) is 1.19. The van der Waals surface area contributed by atoms with E-state index in [0.717, 1.165) is 24.2 Å². The van der Waals surface area contributed by atoms with E-state index in [1.165, 1.54) is 6.07 Å². The highest BCUT2D eigenvalue weighted by Crippen LogP contribution is 2.51. The zero-order valence-electron chi connectivity index (χ0n) is 12.8. The molecule has 0 saturated heterocycles. The second kappa shape index (κ2) is 5.80. The van der Waals surface area contributed by atoms with Gasteiger partial charge in [0.05, 0.1) is 11.0 Å². The highest BCUT2D eigenvalue weighted by molar-refractivity contribution is 5.40. The van der Waals surface area contributed by atoms with Gasteiger partial charge in [-0.2, -0.15) is 5.26 Å². The minimum Gasteiger partial charge on any atom is -0.321 e. The van der Waals surface area contributed by atoms with Crippen molar-refractivity contribution in [2.75, 3.05) is 0 Å². The van der Waals surface area contributed by atoms with Crippen molar-refractivity contribution in [1.82, 2.24) is 14.8 Å². The van der Waals surface area contributed by atoms with Crippen LogP contribution >= 0.6 is 0 Å². The zero-order chi connectivity index (χ0) is 16.4. The number of nitro groups is 1. The Morgan fingerprint density at radius 2 is 2.30 bits per heavy atom. The van der Waals surface area contributed by atoms with Gasteiger partial charge in [-0.1, -0.05) is 12.1 Å². The largest absolute Gasteiger partial charge is 0.321 e. The summed E-state index contributed by atoms with van der Waals surface area (Å²) in [6.45, 7) is 0. The molecule has 1 fully saturated rings. The molecule has 1 aliphatic carbocycles. The molecule has 3 rings (SSSR count). The first-order chi connectivity index (χ1) is 11.0. The van der Waals surface area contributed by atoms with Gasteiger partial charge in [-0.3, -0.25) is 10.1 Å². The average molecular weight is 311 g/mol. The first-order valence-electron chi connectivity index (χ1n) is 7.49. The SMILES string of the molecule is Cn1cnnc1CC1(c2cccc([N+](=O)[O-])c2)CC(CC#N)C1. The third-order valence-electron chi connectivity index (χ3n) is 4.71. The lowest BCUT2D eigenvalue weighted by Gasteiger charge is -2.47. The van der Waals surface area contributed by atoms with Crippen molar-refractivity contribution in [2.24, 2.45) is 13.0 Å². The lowest BCUT2D eigenvalue weighted by Crippen LogP contribution is -2.43. The van der Waals surface area contributed by atoms with E-state index in [1.807, 2.05) is 17.7 Å². The molecule has 0 amide bonds. The molecule has 0 spiro atoms. The number of benzene rings is 1. The van der Waals surface area contributed by atoms with Crippen molar-refractivity contribution in [3.63, 3.8) is 0 Å². The van der Waals surface area contributed by atoms with E-state index in [4.69, 9.17) is 5.26 Å². The number of hydrogen-bond donors (Lipinski definition) is 0. The van der Waals surface area contributed by atoms with Gasteiger partial charge in [-0.05, 0) is 24.3 Å². The van der Waals surface area contributed by atoms with Crippen LogP contribution in [0.4, 0.5) is 5.69 Å². The minimum atomic E-state index is -0.370. The fourth-order valence-corrected chi connectivity index (χ4v) is 3.52. The molecule has 1 aromatic heterocycles. The molecule has 0 aliphatic heterocycles. The Morgan fingerprint density at radius 1 is 1.52 bits per heavy atom. The van der Waals surface area contributed by atoms with E-state index in [-0.39, 0.29) is 16.0 Å². The normalized spacial score (nSPS) is 23.0. The summed E-state index contributed by atoms with van der Waals surface area (Å²) in [7, 11) is 1.89. The molecule has 1 heterocycles. The maximum Gasteiger partial charge on any atom is 0.269 e. The predicted molar refractivity (Wildman–Crippen MR) is 82.4 cm³/mol. The van der Waals surface area contributed by atoms with Gasteiger partial charge in [-0.15, -0.1) is 10.2 Å². The summed E-state index contributed by atoms with van der Waals surface area (Å²) < 4.78 is 1.87. The lowest BCUT2D eigenvalue weighted by molar-refractivity contribution is -0.385. The van der Waals surface area contributed by atoms with Crippen LogP contribution in [0.3, 0.4) is 0 Å². The summed E-state index contributed by atoms with van der Waals surface area (Å²) in [6, 6.07) is 9.04. The first kappa shape index (κ1) is 15.2. The number of aryl methyl sites for hydroxylation is 1. The zero-order valence-corrected chi connectivity index (χ0v) is 12.8. The van der Waals surface area contributed by atoms with Crippen LogP contribution in [0.1, 0.15) is 30.7 Å². The van der Waals surface area contributed by atoms with Gasteiger partial charge >= 0.3 is 0 Å². The van der Waals surface area contributed by atoms with Crippen molar-refractivity contribution in [3.05, 3.63) is 52.1 Å². The number of non-ortho nitro benzene ring substituents is 1. The van der Waals surface area contributed by atoms with E-state index >= 15 is 0 Å².